The zero-order valence-corrected chi connectivity index (χ0v) is 8.64. The number of rotatable bonds is 4. The van der Waals surface area contributed by atoms with Gasteiger partial charge in [-0.05, 0) is 19.1 Å². The van der Waals surface area contributed by atoms with E-state index >= 15 is 0 Å². The van der Waals surface area contributed by atoms with E-state index < -0.39 is 16.0 Å². The summed E-state index contributed by atoms with van der Waals surface area (Å²) in [5.74, 6) is -0.499. The standard InChI is InChI=1S/C9H12FNO2S/c1-8-2-4-9(5-3-8)11-6-7-14(10,12)13/h2-5,11H,6-7H2,1H3. The minimum atomic E-state index is -4.36. The van der Waals surface area contributed by atoms with Crippen LogP contribution in [0.15, 0.2) is 24.3 Å². The van der Waals surface area contributed by atoms with Gasteiger partial charge in [-0.2, -0.15) is 8.42 Å². The Kier molecular flexibility index (Phi) is 3.46. The molecule has 0 spiro atoms. The highest BCUT2D eigenvalue weighted by atomic mass is 32.3. The second kappa shape index (κ2) is 4.41. The van der Waals surface area contributed by atoms with Crippen molar-refractivity contribution in [3.05, 3.63) is 29.8 Å². The van der Waals surface area contributed by atoms with Crippen molar-refractivity contribution in [2.45, 2.75) is 6.92 Å². The minimum Gasteiger partial charge on any atom is -0.384 e. The summed E-state index contributed by atoms with van der Waals surface area (Å²) in [7, 11) is -4.36. The highest BCUT2D eigenvalue weighted by Crippen LogP contribution is 2.08. The second-order valence-electron chi connectivity index (χ2n) is 3.04. The zero-order chi connectivity index (χ0) is 10.6. The first-order chi connectivity index (χ1) is 6.47. The van der Waals surface area contributed by atoms with Crippen LogP contribution in [0.25, 0.3) is 0 Å². The number of anilines is 1. The third-order valence-corrected chi connectivity index (χ3v) is 2.42. The van der Waals surface area contributed by atoms with E-state index in [0.717, 1.165) is 11.3 Å². The van der Waals surface area contributed by atoms with Crippen molar-refractivity contribution in [2.75, 3.05) is 17.6 Å². The smallest absolute Gasteiger partial charge is 0.304 e. The molecule has 0 aliphatic heterocycles. The van der Waals surface area contributed by atoms with Crippen molar-refractivity contribution < 1.29 is 12.3 Å². The lowest BCUT2D eigenvalue weighted by Crippen LogP contribution is -2.11. The third kappa shape index (κ3) is 4.23. The summed E-state index contributed by atoms with van der Waals surface area (Å²) in [4.78, 5) is 0. The highest BCUT2D eigenvalue weighted by Gasteiger charge is 2.05. The molecule has 0 radical (unpaired) electrons. The van der Waals surface area contributed by atoms with E-state index in [2.05, 4.69) is 5.32 Å². The van der Waals surface area contributed by atoms with Crippen LogP contribution < -0.4 is 5.32 Å². The van der Waals surface area contributed by atoms with Crippen molar-refractivity contribution >= 4 is 15.9 Å². The number of hydrogen-bond donors (Lipinski definition) is 1. The maximum atomic E-state index is 12.1. The van der Waals surface area contributed by atoms with Crippen LogP contribution in [-0.4, -0.2) is 20.7 Å². The van der Waals surface area contributed by atoms with Gasteiger partial charge in [0.05, 0.1) is 5.75 Å². The molecule has 5 heteroatoms. The van der Waals surface area contributed by atoms with Gasteiger partial charge in [0.15, 0.2) is 0 Å². The molecule has 0 saturated heterocycles. The highest BCUT2D eigenvalue weighted by molar-refractivity contribution is 7.86. The number of hydrogen-bond acceptors (Lipinski definition) is 3. The van der Waals surface area contributed by atoms with E-state index in [4.69, 9.17) is 0 Å². The molecule has 0 aromatic heterocycles. The molecule has 1 N–H and O–H groups in total. The molecular formula is C9H12FNO2S. The Morgan fingerprint density at radius 1 is 1.29 bits per heavy atom. The molecule has 3 nitrogen and oxygen atoms in total. The van der Waals surface area contributed by atoms with Gasteiger partial charge in [-0.3, -0.25) is 0 Å². The summed E-state index contributed by atoms with van der Waals surface area (Å²) in [6.07, 6.45) is 0. The molecule has 0 saturated carbocycles. The normalized spacial score (nSPS) is 11.3. The van der Waals surface area contributed by atoms with E-state index in [-0.39, 0.29) is 6.54 Å². The molecule has 1 aromatic rings. The van der Waals surface area contributed by atoms with Crippen LogP contribution >= 0.6 is 0 Å². The van der Waals surface area contributed by atoms with Crippen LogP contribution in [0.2, 0.25) is 0 Å². The van der Waals surface area contributed by atoms with Crippen molar-refractivity contribution in [3.63, 3.8) is 0 Å². The lowest BCUT2D eigenvalue weighted by atomic mass is 10.2. The summed E-state index contributed by atoms with van der Waals surface area (Å²) in [5, 5.41) is 2.81. The van der Waals surface area contributed by atoms with Crippen molar-refractivity contribution in [3.8, 4) is 0 Å². The molecule has 1 aromatic carbocycles. The van der Waals surface area contributed by atoms with Gasteiger partial charge in [-0.1, -0.05) is 17.7 Å². The summed E-state index contributed by atoms with van der Waals surface area (Å²) >= 11 is 0. The molecule has 1 rings (SSSR count). The van der Waals surface area contributed by atoms with Crippen LogP contribution in [0.3, 0.4) is 0 Å². The Hall–Kier alpha value is -1.10. The van der Waals surface area contributed by atoms with E-state index in [1.165, 1.54) is 0 Å². The van der Waals surface area contributed by atoms with E-state index in [1.54, 1.807) is 0 Å². The lowest BCUT2D eigenvalue weighted by Gasteiger charge is -2.04. The third-order valence-electron chi connectivity index (χ3n) is 1.73. The first kappa shape index (κ1) is 11.0. The average Bonchev–Trinajstić information content (AvgIpc) is 2.06. The Balaban J connectivity index is 2.43. The maximum Gasteiger partial charge on any atom is 0.304 e. The molecule has 0 unspecified atom stereocenters. The summed E-state index contributed by atoms with van der Waals surface area (Å²) < 4.78 is 32.4. The molecule has 78 valence electrons. The quantitative estimate of drug-likeness (QED) is 0.781. The van der Waals surface area contributed by atoms with Crippen LogP contribution in [-0.2, 0) is 10.2 Å². The number of aryl methyl sites for hydroxylation is 1. The van der Waals surface area contributed by atoms with Gasteiger partial charge >= 0.3 is 10.2 Å². The van der Waals surface area contributed by atoms with E-state index in [1.807, 2.05) is 31.2 Å². The average molecular weight is 217 g/mol. The topological polar surface area (TPSA) is 46.2 Å². The Morgan fingerprint density at radius 2 is 1.86 bits per heavy atom. The summed E-state index contributed by atoms with van der Waals surface area (Å²) in [6, 6.07) is 7.43. The fourth-order valence-corrected chi connectivity index (χ4v) is 1.33. The van der Waals surface area contributed by atoms with Crippen molar-refractivity contribution in [2.24, 2.45) is 0 Å². The predicted molar refractivity (Wildman–Crippen MR) is 54.6 cm³/mol. The number of nitrogens with one attached hydrogen (secondary N) is 1. The fourth-order valence-electron chi connectivity index (χ4n) is 0.989. The Bertz CT molecular complexity index is 386. The molecule has 0 fully saturated rings. The van der Waals surface area contributed by atoms with Crippen LogP contribution in [0.1, 0.15) is 5.56 Å². The predicted octanol–water partition coefficient (Wildman–Crippen LogP) is 1.71. The van der Waals surface area contributed by atoms with Gasteiger partial charge in [0.2, 0.25) is 0 Å². The molecular weight excluding hydrogens is 205 g/mol. The molecule has 0 amide bonds. The SMILES string of the molecule is Cc1ccc(NCCS(=O)(=O)F)cc1. The van der Waals surface area contributed by atoms with Crippen LogP contribution in [0.5, 0.6) is 0 Å². The van der Waals surface area contributed by atoms with Crippen LogP contribution in [0, 0.1) is 6.92 Å². The Labute approximate surface area is 83.2 Å². The largest absolute Gasteiger partial charge is 0.384 e. The van der Waals surface area contributed by atoms with E-state index in [0.29, 0.717) is 0 Å². The van der Waals surface area contributed by atoms with Gasteiger partial charge in [0.1, 0.15) is 0 Å². The van der Waals surface area contributed by atoms with Gasteiger partial charge in [0.25, 0.3) is 0 Å². The number of benzene rings is 1. The molecule has 0 aliphatic carbocycles. The van der Waals surface area contributed by atoms with Crippen LogP contribution in [0.4, 0.5) is 9.57 Å². The fraction of sp³-hybridized carbons (Fsp3) is 0.333. The first-order valence-electron chi connectivity index (χ1n) is 4.20. The van der Waals surface area contributed by atoms with Crippen molar-refractivity contribution in [1.29, 1.82) is 0 Å². The first-order valence-corrected chi connectivity index (χ1v) is 5.75. The molecule has 0 atom stereocenters. The molecule has 0 heterocycles. The molecule has 14 heavy (non-hydrogen) atoms. The minimum absolute atomic E-state index is 0.0852. The second-order valence-corrected chi connectivity index (χ2v) is 4.52. The molecule has 0 bridgehead atoms. The zero-order valence-electron chi connectivity index (χ0n) is 7.83. The van der Waals surface area contributed by atoms with Gasteiger partial charge < -0.3 is 5.32 Å². The number of halogens is 1. The van der Waals surface area contributed by atoms with E-state index in [9.17, 15) is 12.3 Å². The van der Waals surface area contributed by atoms with Gasteiger partial charge in [-0.25, -0.2) is 0 Å². The summed E-state index contributed by atoms with van der Waals surface area (Å²) in [5.41, 5.74) is 1.91. The van der Waals surface area contributed by atoms with Crippen molar-refractivity contribution in [1.82, 2.24) is 0 Å². The monoisotopic (exact) mass is 217 g/mol. The maximum absolute atomic E-state index is 12.1. The van der Waals surface area contributed by atoms with Gasteiger partial charge in [-0.15, -0.1) is 3.89 Å². The summed E-state index contributed by atoms with van der Waals surface area (Å²) in [6.45, 7) is 2.04. The lowest BCUT2D eigenvalue weighted by molar-refractivity contribution is 0.552. The molecule has 0 aliphatic rings. The Morgan fingerprint density at radius 3 is 2.36 bits per heavy atom. The van der Waals surface area contributed by atoms with Gasteiger partial charge in [0, 0.05) is 12.2 Å².